The first kappa shape index (κ1) is 23.8. The molecule has 0 spiro atoms. The molecule has 180 valence electrons. The Bertz CT molecular complexity index is 1310. The van der Waals surface area contributed by atoms with E-state index < -0.39 is 0 Å². The fraction of sp³-hybridized carbons (Fsp3) is 0.385. The largest absolute Gasteiger partial charge is 0.484 e. The Balaban J connectivity index is 1.68. The highest BCUT2D eigenvalue weighted by Crippen LogP contribution is 2.37. The maximum Gasteiger partial charge on any atom is 0.261 e. The number of furan rings is 1. The number of amides is 1. The van der Waals surface area contributed by atoms with Crippen LogP contribution in [0.1, 0.15) is 0 Å². The number of likely N-dealkylation sites (N-methyl/N-ethyl adjacent to an activating group) is 2. The van der Waals surface area contributed by atoms with E-state index in [2.05, 4.69) is 53.4 Å². The van der Waals surface area contributed by atoms with Gasteiger partial charge in [0.05, 0.1) is 16.5 Å². The summed E-state index contributed by atoms with van der Waals surface area (Å²) in [5.41, 5.74) is 4.68. The molecule has 0 saturated carbocycles. The molecule has 0 aliphatic heterocycles. The average Bonchev–Trinajstić information content (AvgIpc) is 3.18. The summed E-state index contributed by atoms with van der Waals surface area (Å²) in [6, 6.07) is 14.0. The molecule has 4 aromatic rings. The zero-order chi connectivity index (χ0) is 24.2. The van der Waals surface area contributed by atoms with Crippen molar-refractivity contribution in [3.8, 4) is 5.75 Å². The summed E-state index contributed by atoms with van der Waals surface area (Å²) in [4.78, 5) is 16.3. The fourth-order valence-corrected chi connectivity index (χ4v) is 4.08. The zero-order valence-electron chi connectivity index (χ0n) is 20.6. The van der Waals surface area contributed by atoms with Gasteiger partial charge in [0.15, 0.2) is 6.61 Å². The SMILES string of the molecule is CN(C)CCNC(=O)COc1ccc2oc3c(NCCN(C)C)c4ccccc4[n+](C)c3c2c1. The summed E-state index contributed by atoms with van der Waals surface area (Å²) in [7, 11) is 10.1. The van der Waals surface area contributed by atoms with Crippen LogP contribution in [0.4, 0.5) is 5.69 Å². The topological polar surface area (TPSA) is 73.9 Å². The van der Waals surface area contributed by atoms with E-state index in [0.29, 0.717) is 12.3 Å². The number of nitrogens with one attached hydrogen (secondary N) is 2. The predicted molar refractivity (Wildman–Crippen MR) is 137 cm³/mol. The number of anilines is 1. The standard InChI is InChI=1S/C26H33N5O3/c1-29(2)14-12-27-23(32)17-33-18-10-11-22-20(16-18)25-26(34-22)24(28-13-15-30(3)4)19-8-6-7-9-21(19)31(25)5/h6-11,16H,12-15,17H2,1-5H3,(H,27,32)/p+1. The molecule has 0 saturated heterocycles. The normalized spacial score (nSPS) is 11.7. The van der Waals surface area contributed by atoms with Gasteiger partial charge in [-0.05, 0) is 52.5 Å². The number of ether oxygens (including phenoxy) is 1. The van der Waals surface area contributed by atoms with Crippen LogP contribution in [-0.2, 0) is 11.8 Å². The lowest BCUT2D eigenvalue weighted by atomic mass is 10.1. The van der Waals surface area contributed by atoms with Crippen LogP contribution in [0.2, 0.25) is 0 Å². The monoisotopic (exact) mass is 464 g/mol. The Labute approximate surface area is 200 Å². The lowest BCUT2D eigenvalue weighted by Crippen LogP contribution is -2.34. The van der Waals surface area contributed by atoms with E-state index in [-0.39, 0.29) is 12.5 Å². The minimum atomic E-state index is -0.136. The lowest BCUT2D eigenvalue weighted by molar-refractivity contribution is -0.616. The molecule has 2 aromatic carbocycles. The van der Waals surface area contributed by atoms with E-state index in [1.807, 2.05) is 49.3 Å². The van der Waals surface area contributed by atoms with Crippen molar-refractivity contribution >= 4 is 44.6 Å². The van der Waals surface area contributed by atoms with Gasteiger partial charge in [0.25, 0.3) is 11.4 Å². The number of fused-ring (bicyclic) bond motifs is 4. The van der Waals surface area contributed by atoms with Crippen molar-refractivity contribution < 1.29 is 18.5 Å². The summed E-state index contributed by atoms with van der Waals surface area (Å²) >= 11 is 0. The van der Waals surface area contributed by atoms with Crippen molar-refractivity contribution in [3.05, 3.63) is 42.5 Å². The molecular formula is C26H34N5O3+. The third-order valence-corrected chi connectivity index (χ3v) is 5.84. The Morgan fingerprint density at radius 2 is 1.74 bits per heavy atom. The second-order valence-electron chi connectivity index (χ2n) is 9.06. The number of rotatable bonds is 10. The first-order chi connectivity index (χ1) is 16.3. The Morgan fingerprint density at radius 3 is 2.50 bits per heavy atom. The van der Waals surface area contributed by atoms with Crippen LogP contribution in [0, 0.1) is 0 Å². The van der Waals surface area contributed by atoms with Crippen molar-refractivity contribution in [2.24, 2.45) is 7.05 Å². The van der Waals surface area contributed by atoms with Crippen LogP contribution < -0.4 is 19.9 Å². The number of carbonyl (C=O) groups excluding carboxylic acids is 1. The van der Waals surface area contributed by atoms with Crippen LogP contribution in [0.25, 0.3) is 33.0 Å². The lowest BCUT2D eigenvalue weighted by Gasteiger charge is -2.13. The number of para-hydroxylation sites is 1. The fourth-order valence-electron chi connectivity index (χ4n) is 4.08. The van der Waals surface area contributed by atoms with Gasteiger partial charge in [-0.1, -0.05) is 12.1 Å². The molecule has 0 fully saturated rings. The number of carbonyl (C=O) groups is 1. The third-order valence-electron chi connectivity index (χ3n) is 5.84. The number of aromatic nitrogens is 1. The molecule has 0 radical (unpaired) electrons. The van der Waals surface area contributed by atoms with Gasteiger partial charge < -0.3 is 29.6 Å². The van der Waals surface area contributed by atoms with E-state index in [1.54, 1.807) is 0 Å². The molecule has 2 heterocycles. The van der Waals surface area contributed by atoms with Crippen molar-refractivity contribution in [2.45, 2.75) is 0 Å². The molecule has 8 nitrogen and oxygen atoms in total. The van der Waals surface area contributed by atoms with Gasteiger partial charge in [0.1, 0.15) is 18.4 Å². The smallest absolute Gasteiger partial charge is 0.261 e. The molecule has 0 bridgehead atoms. The molecule has 0 atom stereocenters. The van der Waals surface area contributed by atoms with Crippen molar-refractivity contribution in [3.63, 3.8) is 0 Å². The Kier molecular flexibility index (Phi) is 7.19. The van der Waals surface area contributed by atoms with Gasteiger partial charge in [-0.25, -0.2) is 0 Å². The number of hydrogen-bond acceptors (Lipinski definition) is 6. The minimum absolute atomic E-state index is 0.0267. The molecule has 34 heavy (non-hydrogen) atoms. The van der Waals surface area contributed by atoms with E-state index >= 15 is 0 Å². The Morgan fingerprint density at radius 1 is 1.00 bits per heavy atom. The van der Waals surface area contributed by atoms with Gasteiger partial charge in [-0.3, -0.25) is 4.79 Å². The van der Waals surface area contributed by atoms with Crippen molar-refractivity contribution in [2.75, 3.05) is 66.3 Å². The first-order valence-electron chi connectivity index (χ1n) is 11.5. The number of aryl methyl sites for hydroxylation is 1. The van der Waals surface area contributed by atoms with Gasteiger partial charge in [-0.15, -0.1) is 0 Å². The quantitative estimate of drug-likeness (QED) is 0.352. The Hall–Kier alpha value is -3.36. The highest BCUT2D eigenvalue weighted by atomic mass is 16.5. The summed E-state index contributed by atoms with van der Waals surface area (Å²) in [6.45, 7) is 3.06. The molecule has 1 amide bonds. The maximum absolute atomic E-state index is 12.1. The van der Waals surface area contributed by atoms with Gasteiger partial charge >= 0.3 is 0 Å². The molecule has 0 aliphatic carbocycles. The maximum atomic E-state index is 12.1. The van der Waals surface area contributed by atoms with Crippen LogP contribution in [-0.4, -0.2) is 76.7 Å². The minimum Gasteiger partial charge on any atom is -0.484 e. The number of pyridine rings is 1. The molecule has 4 rings (SSSR count). The van der Waals surface area contributed by atoms with Gasteiger partial charge in [0, 0.05) is 32.2 Å². The summed E-state index contributed by atoms with van der Waals surface area (Å²) < 4.78 is 14.3. The number of hydrogen-bond donors (Lipinski definition) is 2. The predicted octanol–water partition coefficient (Wildman–Crippen LogP) is 2.59. The van der Waals surface area contributed by atoms with E-state index in [0.717, 1.165) is 58.3 Å². The molecule has 8 heteroatoms. The summed E-state index contributed by atoms with van der Waals surface area (Å²) in [6.07, 6.45) is 0. The van der Waals surface area contributed by atoms with E-state index in [1.165, 1.54) is 0 Å². The average molecular weight is 465 g/mol. The van der Waals surface area contributed by atoms with E-state index in [4.69, 9.17) is 9.15 Å². The molecule has 0 aliphatic rings. The molecular weight excluding hydrogens is 430 g/mol. The van der Waals surface area contributed by atoms with Crippen LogP contribution in [0.3, 0.4) is 0 Å². The molecule has 0 unspecified atom stereocenters. The van der Waals surface area contributed by atoms with Crippen molar-refractivity contribution in [1.29, 1.82) is 0 Å². The second kappa shape index (κ2) is 10.3. The summed E-state index contributed by atoms with van der Waals surface area (Å²) in [5.74, 6) is 0.496. The van der Waals surface area contributed by atoms with Crippen LogP contribution >= 0.6 is 0 Å². The van der Waals surface area contributed by atoms with Gasteiger partial charge in [0.2, 0.25) is 11.1 Å². The zero-order valence-corrected chi connectivity index (χ0v) is 20.6. The highest BCUT2D eigenvalue weighted by Gasteiger charge is 2.24. The van der Waals surface area contributed by atoms with E-state index in [9.17, 15) is 4.79 Å². The highest BCUT2D eigenvalue weighted by molar-refractivity contribution is 6.11. The van der Waals surface area contributed by atoms with Crippen LogP contribution in [0.15, 0.2) is 46.9 Å². The number of nitrogens with zero attached hydrogens (tertiary/aromatic N) is 3. The first-order valence-corrected chi connectivity index (χ1v) is 11.5. The number of benzene rings is 2. The molecule has 2 N–H and O–H groups in total. The van der Waals surface area contributed by atoms with Crippen molar-refractivity contribution in [1.82, 2.24) is 15.1 Å². The van der Waals surface area contributed by atoms with Crippen LogP contribution in [0.5, 0.6) is 5.75 Å². The molecule has 2 aromatic heterocycles. The second-order valence-corrected chi connectivity index (χ2v) is 9.06. The van der Waals surface area contributed by atoms with Gasteiger partial charge in [-0.2, -0.15) is 4.57 Å². The summed E-state index contributed by atoms with van der Waals surface area (Å²) in [5, 5.41) is 8.53. The third kappa shape index (κ3) is 5.08.